The van der Waals surface area contributed by atoms with E-state index >= 15 is 0 Å². The molecule has 2 nitrogen and oxygen atoms in total. The van der Waals surface area contributed by atoms with Gasteiger partial charge in [-0.3, -0.25) is 0 Å². The van der Waals surface area contributed by atoms with Gasteiger partial charge in [0.25, 0.3) is 0 Å². The maximum Gasteiger partial charge on any atom is 0.0117 e. The minimum absolute atomic E-state index is 0.652. The van der Waals surface area contributed by atoms with Crippen LogP contribution >= 0.6 is 0 Å². The molecule has 118 valence electrons. The molecule has 1 aliphatic carbocycles. The molecule has 0 aromatic rings. The fourth-order valence-electron chi connectivity index (χ4n) is 4.83. The van der Waals surface area contributed by atoms with Crippen molar-refractivity contribution in [1.29, 1.82) is 0 Å². The zero-order valence-electron chi connectivity index (χ0n) is 14.3. The Kier molecular flexibility index (Phi) is 5.92. The maximum atomic E-state index is 3.66. The molecular weight excluding hydrogens is 244 g/mol. The lowest BCUT2D eigenvalue weighted by molar-refractivity contribution is 0.0791. The molecule has 0 amide bonds. The Hall–Kier alpha value is -0.0800. The first kappa shape index (κ1) is 16.3. The normalized spacial score (nSPS) is 31.1. The van der Waals surface area contributed by atoms with Crippen LogP contribution in [-0.2, 0) is 0 Å². The molecule has 2 rings (SSSR count). The molecule has 0 spiro atoms. The second-order valence-electron chi connectivity index (χ2n) is 7.97. The molecule has 1 saturated carbocycles. The third-order valence-electron chi connectivity index (χ3n) is 5.52. The summed E-state index contributed by atoms with van der Waals surface area (Å²) in [6, 6.07) is 0.751. The smallest absolute Gasteiger partial charge is 0.0117 e. The molecule has 1 N–H and O–H groups in total. The monoisotopic (exact) mass is 280 g/mol. The van der Waals surface area contributed by atoms with E-state index in [1.807, 2.05) is 0 Å². The lowest BCUT2D eigenvalue weighted by atomic mass is 9.77. The number of hydrogen-bond donors (Lipinski definition) is 1. The Morgan fingerprint density at radius 3 is 2.50 bits per heavy atom. The lowest BCUT2D eigenvalue weighted by Crippen LogP contribution is -2.50. The largest absolute Gasteiger partial charge is 0.314 e. The number of nitrogens with one attached hydrogen (secondary N) is 1. The Labute approximate surface area is 126 Å². The van der Waals surface area contributed by atoms with Crippen molar-refractivity contribution in [3.8, 4) is 0 Å². The first-order chi connectivity index (χ1) is 9.54. The summed E-state index contributed by atoms with van der Waals surface area (Å²) >= 11 is 0. The van der Waals surface area contributed by atoms with E-state index in [1.165, 1.54) is 58.2 Å². The van der Waals surface area contributed by atoms with Gasteiger partial charge in [0.15, 0.2) is 0 Å². The maximum absolute atomic E-state index is 3.66. The van der Waals surface area contributed by atoms with Crippen LogP contribution in [0, 0.1) is 17.3 Å². The summed E-state index contributed by atoms with van der Waals surface area (Å²) in [7, 11) is 0. The van der Waals surface area contributed by atoms with Crippen LogP contribution in [-0.4, -0.2) is 37.1 Å². The molecule has 0 aromatic carbocycles. The minimum atomic E-state index is 0.652. The van der Waals surface area contributed by atoms with Crippen molar-refractivity contribution < 1.29 is 0 Å². The average Bonchev–Trinajstić information content (AvgIpc) is 2.80. The molecule has 1 heterocycles. The standard InChI is InChI=1S/C18H36N2/c1-5-19-17-8-11-20(13-16(17)4)14-18(12-15(2)3)9-6-7-10-18/h15-17,19H,5-14H2,1-4H3. The average molecular weight is 280 g/mol. The van der Waals surface area contributed by atoms with Crippen LogP contribution in [0.5, 0.6) is 0 Å². The second kappa shape index (κ2) is 7.26. The summed E-state index contributed by atoms with van der Waals surface area (Å²) in [5, 5.41) is 3.66. The fourth-order valence-corrected chi connectivity index (χ4v) is 4.83. The third-order valence-corrected chi connectivity index (χ3v) is 5.52. The van der Waals surface area contributed by atoms with Gasteiger partial charge in [-0.1, -0.05) is 40.5 Å². The van der Waals surface area contributed by atoms with E-state index in [4.69, 9.17) is 0 Å². The summed E-state index contributed by atoms with van der Waals surface area (Å²) in [5.41, 5.74) is 0.652. The van der Waals surface area contributed by atoms with Gasteiger partial charge in [-0.05, 0) is 56.0 Å². The second-order valence-corrected chi connectivity index (χ2v) is 7.97. The number of nitrogens with zero attached hydrogens (tertiary/aromatic N) is 1. The van der Waals surface area contributed by atoms with Gasteiger partial charge in [-0.25, -0.2) is 0 Å². The zero-order valence-corrected chi connectivity index (χ0v) is 14.3. The quantitative estimate of drug-likeness (QED) is 0.793. The molecule has 0 radical (unpaired) electrons. The van der Waals surface area contributed by atoms with Gasteiger partial charge in [-0.15, -0.1) is 0 Å². The van der Waals surface area contributed by atoms with Crippen molar-refractivity contribution in [2.75, 3.05) is 26.2 Å². The first-order valence-corrected chi connectivity index (χ1v) is 9.00. The molecule has 2 heteroatoms. The highest BCUT2D eigenvalue weighted by Gasteiger charge is 2.37. The van der Waals surface area contributed by atoms with Crippen LogP contribution in [0.15, 0.2) is 0 Å². The van der Waals surface area contributed by atoms with E-state index in [-0.39, 0.29) is 0 Å². The Morgan fingerprint density at radius 2 is 1.95 bits per heavy atom. The molecule has 2 aliphatic rings. The van der Waals surface area contributed by atoms with E-state index < -0.39 is 0 Å². The molecule has 20 heavy (non-hydrogen) atoms. The molecule has 0 bridgehead atoms. The summed E-state index contributed by atoms with van der Waals surface area (Å²) in [6.07, 6.45) is 8.67. The minimum Gasteiger partial charge on any atom is -0.314 e. The van der Waals surface area contributed by atoms with Gasteiger partial charge in [0, 0.05) is 19.1 Å². The molecule has 2 fully saturated rings. The van der Waals surface area contributed by atoms with Crippen molar-refractivity contribution in [2.45, 2.75) is 72.3 Å². The van der Waals surface area contributed by atoms with Gasteiger partial charge in [0.05, 0.1) is 0 Å². The lowest BCUT2D eigenvalue weighted by Gasteiger charge is -2.42. The predicted molar refractivity (Wildman–Crippen MR) is 88.0 cm³/mol. The van der Waals surface area contributed by atoms with E-state index in [9.17, 15) is 0 Å². The number of rotatable bonds is 6. The van der Waals surface area contributed by atoms with Gasteiger partial charge in [0.1, 0.15) is 0 Å². The van der Waals surface area contributed by atoms with Crippen LogP contribution in [0.25, 0.3) is 0 Å². The Bertz CT molecular complexity index is 281. The Balaban J connectivity index is 1.89. The number of piperidine rings is 1. The summed E-state index contributed by atoms with van der Waals surface area (Å²) < 4.78 is 0. The molecular formula is C18H36N2. The Morgan fingerprint density at radius 1 is 1.25 bits per heavy atom. The number of likely N-dealkylation sites (tertiary alicyclic amines) is 1. The van der Waals surface area contributed by atoms with Crippen molar-refractivity contribution in [1.82, 2.24) is 10.2 Å². The van der Waals surface area contributed by atoms with E-state index in [0.717, 1.165) is 24.4 Å². The van der Waals surface area contributed by atoms with Crippen molar-refractivity contribution in [2.24, 2.45) is 17.3 Å². The molecule has 1 saturated heterocycles. The highest BCUT2D eigenvalue weighted by Crippen LogP contribution is 2.44. The van der Waals surface area contributed by atoms with Crippen LogP contribution in [0.3, 0.4) is 0 Å². The molecule has 2 unspecified atom stereocenters. The van der Waals surface area contributed by atoms with Crippen molar-refractivity contribution in [3.05, 3.63) is 0 Å². The van der Waals surface area contributed by atoms with Crippen molar-refractivity contribution in [3.63, 3.8) is 0 Å². The van der Waals surface area contributed by atoms with Gasteiger partial charge in [-0.2, -0.15) is 0 Å². The summed E-state index contributed by atoms with van der Waals surface area (Å²) in [4.78, 5) is 2.78. The highest BCUT2D eigenvalue weighted by molar-refractivity contribution is 4.91. The first-order valence-electron chi connectivity index (χ1n) is 9.00. The van der Waals surface area contributed by atoms with Crippen LogP contribution in [0.4, 0.5) is 0 Å². The SMILES string of the molecule is CCNC1CCN(CC2(CC(C)C)CCCC2)CC1C. The summed E-state index contributed by atoms with van der Waals surface area (Å²) in [6.45, 7) is 14.6. The van der Waals surface area contributed by atoms with Crippen molar-refractivity contribution >= 4 is 0 Å². The predicted octanol–water partition coefficient (Wildman–Crippen LogP) is 3.91. The van der Waals surface area contributed by atoms with Crippen LogP contribution in [0.1, 0.15) is 66.2 Å². The topological polar surface area (TPSA) is 15.3 Å². The summed E-state index contributed by atoms with van der Waals surface area (Å²) in [5.74, 6) is 1.66. The van der Waals surface area contributed by atoms with Crippen LogP contribution < -0.4 is 5.32 Å². The zero-order chi connectivity index (χ0) is 14.6. The number of hydrogen-bond acceptors (Lipinski definition) is 2. The van der Waals surface area contributed by atoms with Gasteiger partial charge in [0.2, 0.25) is 0 Å². The fraction of sp³-hybridized carbons (Fsp3) is 1.00. The van der Waals surface area contributed by atoms with Crippen LogP contribution in [0.2, 0.25) is 0 Å². The van der Waals surface area contributed by atoms with E-state index in [0.29, 0.717) is 5.41 Å². The molecule has 0 aromatic heterocycles. The van der Waals surface area contributed by atoms with E-state index in [2.05, 4.69) is 37.9 Å². The van der Waals surface area contributed by atoms with E-state index in [1.54, 1.807) is 0 Å². The highest BCUT2D eigenvalue weighted by atomic mass is 15.2. The molecule has 1 aliphatic heterocycles. The molecule has 2 atom stereocenters. The van der Waals surface area contributed by atoms with Gasteiger partial charge < -0.3 is 10.2 Å². The third kappa shape index (κ3) is 4.21. The van der Waals surface area contributed by atoms with Gasteiger partial charge >= 0.3 is 0 Å².